The third-order valence-corrected chi connectivity index (χ3v) is 11.3. The summed E-state index contributed by atoms with van der Waals surface area (Å²) in [6, 6.07) is 69.5. The minimum atomic E-state index is -0.0722. The summed E-state index contributed by atoms with van der Waals surface area (Å²) in [5.74, 6) is 0.722. The average molecular weight is 703 g/mol. The lowest BCUT2D eigenvalue weighted by Crippen LogP contribution is -2.15. The van der Waals surface area contributed by atoms with Gasteiger partial charge in [-0.2, -0.15) is 0 Å². The van der Waals surface area contributed by atoms with E-state index in [4.69, 9.17) is 9.97 Å². The van der Waals surface area contributed by atoms with E-state index in [1.807, 2.05) is 36.4 Å². The second kappa shape index (κ2) is 13.2. The maximum absolute atomic E-state index is 5.01. The van der Waals surface area contributed by atoms with Crippen molar-refractivity contribution in [1.82, 2.24) is 9.97 Å². The van der Waals surface area contributed by atoms with Crippen molar-refractivity contribution in [1.29, 1.82) is 0 Å². The maximum Gasteiger partial charge on any atom is 0.160 e. The van der Waals surface area contributed by atoms with Crippen molar-refractivity contribution in [2.45, 2.75) is 19.3 Å². The van der Waals surface area contributed by atoms with Crippen molar-refractivity contribution in [2.24, 2.45) is 0 Å². The second-order valence-electron chi connectivity index (χ2n) is 15.0. The molecule has 0 fully saturated rings. The number of hydrogen-bond acceptors (Lipinski definition) is 2. The highest BCUT2D eigenvalue weighted by Gasteiger charge is 2.38. The molecule has 0 atom stereocenters. The van der Waals surface area contributed by atoms with Crippen LogP contribution in [0, 0.1) is 0 Å². The summed E-state index contributed by atoms with van der Waals surface area (Å²) in [5.41, 5.74) is 17.7. The molecule has 9 aromatic rings. The molecule has 10 rings (SSSR count). The molecular weight excluding hydrogens is 665 g/mol. The van der Waals surface area contributed by atoms with Gasteiger partial charge in [0.05, 0.1) is 11.4 Å². The molecule has 2 nitrogen and oxygen atoms in total. The Bertz CT molecular complexity index is 2780. The van der Waals surface area contributed by atoms with Gasteiger partial charge in [-0.1, -0.05) is 196 Å². The van der Waals surface area contributed by atoms with E-state index in [1.54, 1.807) is 0 Å². The summed E-state index contributed by atoms with van der Waals surface area (Å²) in [6.45, 7) is 4.74. The Morgan fingerprint density at radius 1 is 0.364 bits per heavy atom. The molecule has 0 bridgehead atoms. The minimum absolute atomic E-state index is 0.0722. The summed E-state index contributed by atoms with van der Waals surface area (Å²) < 4.78 is 0. The topological polar surface area (TPSA) is 25.8 Å². The Balaban J connectivity index is 0.941. The van der Waals surface area contributed by atoms with Crippen LogP contribution in [-0.2, 0) is 5.41 Å². The smallest absolute Gasteiger partial charge is 0.160 e. The fourth-order valence-corrected chi connectivity index (χ4v) is 8.48. The third kappa shape index (κ3) is 5.75. The molecule has 1 aliphatic carbocycles. The zero-order chi connectivity index (χ0) is 36.9. The lowest BCUT2D eigenvalue weighted by molar-refractivity contribution is 0.666. The Kier molecular flexibility index (Phi) is 7.85. The van der Waals surface area contributed by atoms with Crippen LogP contribution in [0.2, 0.25) is 0 Å². The molecule has 8 aromatic carbocycles. The van der Waals surface area contributed by atoms with Gasteiger partial charge in [0.1, 0.15) is 0 Å². The van der Waals surface area contributed by atoms with Gasteiger partial charge in [-0.05, 0) is 78.5 Å². The van der Waals surface area contributed by atoms with E-state index in [0.29, 0.717) is 0 Å². The Hall–Kier alpha value is -6.90. The maximum atomic E-state index is 5.01. The molecule has 0 radical (unpaired) electrons. The molecule has 1 aromatic heterocycles. The van der Waals surface area contributed by atoms with Crippen molar-refractivity contribution >= 4 is 10.8 Å². The monoisotopic (exact) mass is 702 g/mol. The Labute approximate surface area is 322 Å². The lowest BCUT2D eigenvalue weighted by atomic mass is 9.79. The molecule has 1 aliphatic rings. The average Bonchev–Trinajstić information content (AvgIpc) is 3.50. The molecule has 2 heteroatoms. The third-order valence-electron chi connectivity index (χ3n) is 11.3. The molecule has 0 unspecified atom stereocenters. The highest BCUT2D eigenvalue weighted by molar-refractivity contribution is 6.04. The number of benzene rings is 8. The molecule has 0 saturated carbocycles. The summed E-state index contributed by atoms with van der Waals surface area (Å²) in [7, 11) is 0. The SMILES string of the molecule is CC1(C)c2ccccc2-c2c(-c3ccc(-c4ccc(-c5ccc(-c6cc(-c7ccccc7)nc(-c7ccccc7)n6)cc5)cc4)cc3)cc3ccccc3c21. The van der Waals surface area contributed by atoms with Gasteiger partial charge in [0.25, 0.3) is 0 Å². The standard InChI is InChI=1S/C53H38N2/c1-53(2)47-20-12-11-19-45(47)50-46(33-43-17-9-10-18-44(43)51(50)53)39-29-25-37(26-30-39)35-21-23-36(24-22-35)38-27-31-41(32-28-38)49-34-48(40-13-5-3-6-14-40)54-52(55-49)42-15-7-4-8-16-42/h3-34H,1-2H3. The first-order valence-corrected chi connectivity index (χ1v) is 19.0. The molecule has 0 amide bonds. The quantitative estimate of drug-likeness (QED) is 0.172. The van der Waals surface area contributed by atoms with Crippen molar-refractivity contribution in [3.8, 4) is 78.4 Å². The van der Waals surface area contributed by atoms with Gasteiger partial charge in [0, 0.05) is 22.1 Å². The molecule has 55 heavy (non-hydrogen) atoms. The van der Waals surface area contributed by atoms with E-state index in [1.165, 1.54) is 66.4 Å². The van der Waals surface area contributed by atoms with E-state index in [0.717, 1.165) is 33.9 Å². The first kappa shape index (κ1) is 32.7. The number of nitrogens with zero attached hydrogens (tertiary/aromatic N) is 2. The van der Waals surface area contributed by atoms with Crippen LogP contribution >= 0.6 is 0 Å². The zero-order valence-electron chi connectivity index (χ0n) is 30.9. The van der Waals surface area contributed by atoms with Crippen molar-refractivity contribution in [3.63, 3.8) is 0 Å². The predicted molar refractivity (Wildman–Crippen MR) is 230 cm³/mol. The van der Waals surface area contributed by atoms with Crippen LogP contribution < -0.4 is 0 Å². The lowest BCUT2D eigenvalue weighted by Gasteiger charge is -2.24. The fraction of sp³-hybridized carbons (Fsp3) is 0.0566. The second-order valence-corrected chi connectivity index (χ2v) is 15.0. The van der Waals surface area contributed by atoms with Crippen LogP contribution in [0.15, 0.2) is 194 Å². The molecule has 0 spiro atoms. The largest absolute Gasteiger partial charge is 0.228 e. The summed E-state index contributed by atoms with van der Waals surface area (Å²) in [6.07, 6.45) is 0. The predicted octanol–water partition coefficient (Wildman–Crippen LogP) is 13.9. The molecule has 1 heterocycles. The van der Waals surface area contributed by atoms with Gasteiger partial charge in [0.2, 0.25) is 0 Å². The van der Waals surface area contributed by atoms with E-state index in [-0.39, 0.29) is 5.41 Å². The van der Waals surface area contributed by atoms with Gasteiger partial charge in [0.15, 0.2) is 5.82 Å². The zero-order valence-corrected chi connectivity index (χ0v) is 30.9. The Morgan fingerprint density at radius 3 is 1.42 bits per heavy atom. The van der Waals surface area contributed by atoms with Gasteiger partial charge >= 0.3 is 0 Å². The van der Waals surface area contributed by atoms with Crippen LogP contribution in [0.4, 0.5) is 0 Å². The minimum Gasteiger partial charge on any atom is -0.228 e. The van der Waals surface area contributed by atoms with Crippen LogP contribution in [-0.4, -0.2) is 9.97 Å². The van der Waals surface area contributed by atoms with Crippen molar-refractivity contribution in [2.75, 3.05) is 0 Å². The highest BCUT2D eigenvalue weighted by Crippen LogP contribution is 2.54. The van der Waals surface area contributed by atoms with Gasteiger partial charge in [-0.25, -0.2) is 9.97 Å². The van der Waals surface area contributed by atoms with Gasteiger partial charge in [-0.15, -0.1) is 0 Å². The number of hydrogen-bond donors (Lipinski definition) is 0. The van der Waals surface area contributed by atoms with Crippen molar-refractivity contribution in [3.05, 3.63) is 205 Å². The van der Waals surface area contributed by atoms with Crippen molar-refractivity contribution < 1.29 is 0 Å². The highest BCUT2D eigenvalue weighted by atomic mass is 14.9. The van der Waals surface area contributed by atoms with E-state index in [2.05, 4.69) is 172 Å². The van der Waals surface area contributed by atoms with E-state index < -0.39 is 0 Å². The number of fused-ring (bicyclic) bond motifs is 5. The summed E-state index contributed by atoms with van der Waals surface area (Å²) in [4.78, 5) is 9.95. The molecule has 0 N–H and O–H groups in total. The van der Waals surface area contributed by atoms with Gasteiger partial charge in [-0.3, -0.25) is 0 Å². The Morgan fingerprint density at radius 2 is 0.818 bits per heavy atom. The van der Waals surface area contributed by atoms with E-state index >= 15 is 0 Å². The summed E-state index contributed by atoms with van der Waals surface area (Å²) in [5, 5.41) is 2.63. The van der Waals surface area contributed by atoms with Crippen LogP contribution in [0.1, 0.15) is 25.0 Å². The van der Waals surface area contributed by atoms with Gasteiger partial charge < -0.3 is 0 Å². The molecule has 260 valence electrons. The fourth-order valence-electron chi connectivity index (χ4n) is 8.48. The van der Waals surface area contributed by atoms with Crippen LogP contribution in [0.5, 0.6) is 0 Å². The summed E-state index contributed by atoms with van der Waals surface area (Å²) >= 11 is 0. The molecular formula is C53H38N2. The van der Waals surface area contributed by atoms with Crippen LogP contribution in [0.25, 0.3) is 89.2 Å². The molecule has 0 aliphatic heterocycles. The molecule has 0 saturated heterocycles. The first-order chi connectivity index (χ1) is 27.0. The van der Waals surface area contributed by atoms with E-state index in [9.17, 15) is 0 Å². The normalized spacial score (nSPS) is 12.7. The van der Waals surface area contributed by atoms with Crippen LogP contribution in [0.3, 0.4) is 0 Å². The number of rotatable bonds is 6. The first-order valence-electron chi connectivity index (χ1n) is 19.0. The number of aromatic nitrogens is 2.